The van der Waals surface area contributed by atoms with Crippen LogP contribution in [0.25, 0.3) is 0 Å². The summed E-state index contributed by atoms with van der Waals surface area (Å²) >= 11 is 1.53. The minimum atomic E-state index is 0.546. The number of aromatic nitrogens is 2. The quantitative estimate of drug-likeness (QED) is 0.667. The van der Waals surface area contributed by atoms with Crippen molar-refractivity contribution < 1.29 is 0 Å². The minimum absolute atomic E-state index is 0.546. The van der Waals surface area contributed by atoms with Gasteiger partial charge in [0.25, 0.3) is 0 Å². The molecule has 2 rings (SSSR count). The van der Waals surface area contributed by atoms with Crippen LogP contribution in [0.4, 0.5) is 11.6 Å². The average molecular weight is 281 g/mol. The highest BCUT2D eigenvalue weighted by atomic mass is 32.2. The molecule has 6 heteroatoms. The van der Waals surface area contributed by atoms with Crippen molar-refractivity contribution in [3.05, 3.63) is 6.07 Å². The van der Waals surface area contributed by atoms with Crippen LogP contribution in [0, 0.1) is 5.92 Å². The van der Waals surface area contributed by atoms with Gasteiger partial charge in [-0.05, 0) is 45.2 Å². The summed E-state index contributed by atoms with van der Waals surface area (Å²) in [7, 11) is 4.28. The molecule has 0 unspecified atom stereocenters. The number of thioether (sulfide) groups is 1. The molecule has 0 aromatic carbocycles. The zero-order valence-corrected chi connectivity index (χ0v) is 12.8. The van der Waals surface area contributed by atoms with E-state index in [0.717, 1.165) is 23.4 Å². The zero-order valence-electron chi connectivity index (χ0n) is 12.0. The number of nitrogens with zero attached hydrogens (tertiary/aromatic N) is 4. The number of piperidine rings is 1. The Kier molecular flexibility index (Phi) is 4.87. The first-order chi connectivity index (χ1) is 9.08. The molecule has 2 N–H and O–H groups in total. The third-order valence-electron chi connectivity index (χ3n) is 3.66. The molecule has 1 aliphatic rings. The predicted molar refractivity (Wildman–Crippen MR) is 81.7 cm³/mol. The number of nitrogen functional groups attached to an aromatic ring is 1. The molecule has 0 amide bonds. The van der Waals surface area contributed by atoms with E-state index in [1.807, 2.05) is 12.3 Å². The molecular weight excluding hydrogens is 258 g/mol. The van der Waals surface area contributed by atoms with Crippen LogP contribution in [0.15, 0.2) is 11.2 Å². The summed E-state index contributed by atoms with van der Waals surface area (Å²) in [5.74, 6) is 2.22. The largest absolute Gasteiger partial charge is 0.383 e. The van der Waals surface area contributed by atoms with E-state index >= 15 is 0 Å². The second-order valence-corrected chi connectivity index (χ2v) is 6.04. The van der Waals surface area contributed by atoms with Gasteiger partial charge in [0, 0.05) is 19.7 Å². The van der Waals surface area contributed by atoms with E-state index in [1.165, 1.54) is 37.7 Å². The summed E-state index contributed by atoms with van der Waals surface area (Å²) in [4.78, 5) is 13.3. The molecule has 1 aromatic heterocycles. The zero-order chi connectivity index (χ0) is 13.8. The fourth-order valence-corrected chi connectivity index (χ4v) is 2.82. The highest BCUT2D eigenvalue weighted by Gasteiger charge is 2.19. The van der Waals surface area contributed by atoms with Crippen molar-refractivity contribution >= 4 is 23.4 Å². The van der Waals surface area contributed by atoms with Gasteiger partial charge in [-0.3, -0.25) is 0 Å². The van der Waals surface area contributed by atoms with Gasteiger partial charge in [-0.1, -0.05) is 11.8 Å². The van der Waals surface area contributed by atoms with Crippen molar-refractivity contribution in [2.24, 2.45) is 5.92 Å². The summed E-state index contributed by atoms with van der Waals surface area (Å²) in [5.41, 5.74) is 5.83. The Morgan fingerprint density at radius 2 is 2.11 bits per heavy atom. The predicted octanol–water partition coefficient (Wildman–Crippen LogP) is 1.56. The van der Waals surface area contributed by atoms with E-state index in [9.17, 15) is 0 Å². The van der Waals surface area contributed by atoms with Gasteiger partial charge in [0.2, 0.25) is 0 Å². The van der Waals surface area contributed by atoms with E-state index in [2.05, 4.69) is 33.9 Å². The molecule has 19 heavy (non-hydrogen) atoms. The minimum Gasteiger partial charge on any atom is -0.383 e. The molecule has 2 heterocycles. The van der Waals surface area contributed by atoms with Crippen molar-refractivity contribution in [2.45, 2.75) is 18.0 Å². The maximum Gasteiger partial charge on any atom is 0.191 e. The molecule has 106 valence electrons. The Hall–Kier alpha value is -1.01. The van der Waals surface area contributed by atoms with E-state index in [0.29, 0.717) is 5.82 Å². The van der Waals surface area contributed by atoms with Gasteiger partial charge in [0.1, 0.15) is 11.6 Å². The Morgan fingerprint density at radius 1 is 1.42 bits per heavy atom. The van der Waals surface area contributed by atoms with Gasteiger partial charge in [-0.25, -0.2) is 9.97 Å². The van der Waals surface area contributed by atoms with Crippen molar-refractivity contribution in [2.75, 3.05) is 50.6 Å². The van der Waals surface area contributed by atoms with E-state index in [1.54, 1.807) is 0 Å². The summed E-state index contributed by atoms with van der Waals surface area (Å²) in [5, 5.41) is 0.741. The highest BCUT2D eigenvalue weighted by molar-refractivity contribution is 7.98. The first kappa shape index (κ1) is 14.4. The van der Waals surface area contributed by atoms with Crippen LogP contribution in [0.3, 0.4) is 0 Å². The van der Waals surface area contributed by atoms with E-state index in [4.69, 9.17) is 5.73 Å². The van der Waals surface area contributed by atoms with Crippen LogP contribution in [0.1, 0.15) is 12.8 Å². The molecule has 0 atom stereocenters. The molecule has 5 nitrogen and oxygen atoms in total. The number of likely N-dealkylation sites (tertiary alicyclic amines) is 1. The molecule has 1 fully saturated rings. The summed E-state index contributed by atoms with van der Waals surface area (Å²) in [6.45, 7) is 3.43. The van der Waals surface area contributed by atoms with Gasteiger partial charge in [0.15, 0.2) is 5.16 Å². The van der Waals surface area contributed by atoms with Crippen LogP contribution in [0.5, 0.6) is 0 Å². The number of rotatable bonds is 4. The molecule has 1 aromatic rings. The second-order valence-electron chi connectivity index (χ2n) is 5.26. The van der Waals surface area contributed by atoms with Gasteiger partial charge in [-0.2, -0.15) is 0 Å². The Bertz CT molecular complexity index is 417. The van der Waals surface area contributed by atoms with Gasteiger partial charge >= 0.3 is 0 Å². The standard InChI is InChI=1S/C13H23N5S/c1-17-6-4-10(5-7-17)9-18(2)12-8-11(14)15-13(16-12)19-3/h8,10H,4-7,9H2,1-3H3,(H2,14,15,16). The maximum atomic E-state index is 5.83. The normalized spacial score (nSPS) is 17.6. The second kappa shape index (κ2) is 6.43. The molecular formula is C13H23N5S. The van der Waals surface area contributed by atoms with Gasteiger partial charge < -0.3 is 15.5 Å². The van der Waals surface area contributed by atoms with Gasteiger partial charge in [0.05, 0.1) is 0 Å². The Morgan fingerprint density at radius 3 is 2.74 bits per heavy atom. The van der Waals surface area contributed by atoms with Crippen LogP contribution < -0.4 is 10.6 Å². The molecule has 0 bridgehead atoms. The SMILES string of the molecule is CSc1nc(N)cc(N(C)CC2CCN(C)CC2)n1. The van der Waals surface area contributed by atoms with Crippen LogP contribution >= 0.6 is 11.8 Å². The summed E-state index contributed by atoms with van der Waals surface area (Å²) in [6, 6.07) is 1.86. The fourth-order valence-electron chi connectivity index (χ4n) is 2.44. The van der Waals surface area contributed by atoms with Crippen molar-refractivity contribution in [3.63, 3.8) is 0 Å². The molecule has 0 saturated carbocycles. The van der Waals surface area contributed by atoms with Gasteiger partial charge in [-0.15, -0.1) is 0 Å². The van der Waals surface area contributed by atoms with Crippen molar-refractivity contribution in [3.8, 4) is 0 Å². The molecule has 0 radical (unpaired) electrons. The Balaban J connectivity index is 1.99. The van der Waals surface area contributed by atoms with E-state index in [-0.39, 0.29) is 0 Å². The fraction of sp³-hybridized carbons (Fsp3) is 0.692. The lowest BCUT2D eigenvalue weighted by atomic mass is 9.97. The highest BCUT2D eigenvalue weighted by Crippen LogP contribution is 2.22. The molecule has 1 saturated heterocycles. The maximum absolute atomic E-state index is 5.83. The van der Waals surface area contributed by atoms with Crippen molar-refractivity contribution in [1.29, 1.82) is 0 Å². The van der Waals surface area contributed by atoms with Crippen LogP contribution in [-0.4, -0.2) is 54.9 Å². The third kappa shape index (κ3) is 3.98. The lowest BCUT2D eigenvalue weighted by Crippen LogP contribution is -2.36. The summed E-state index contributed by atoms with van der Waals surface area (Å²) < 4.78 is 0. The Labute approximate surface area is 119 Å². The number of hydrogen-bond donors (Lipinski definition) is 1. The first-order valence-electron chi connectivity index (χ1n) is 6.66. The van der Waals surface area contributed by atoms with Crippen LogP contribution in [-0.2, 0) is 0 Å². The average Bonchev–Trinajstić information content (AvgIpc) is 2.40. The lowest BCUT2D eigenvalue weighted by Gasteiger charge is -2.32. The van der Waals surface area contributed by atoms with Crippen LogP contribution in [0.2, 0.25) is 0 Å². The molecule has 1 aliphatic heterocycles. The topological polar surface area (TPSA) is 58.3 Å². The number of nitrogens with two attached hydrogens (primary N) is 1. The third-order valence-corrected chi connectivity index (χ3v) is 4.20. The number of anilines is 2. The first-order valence-corrected chi connectivity index (χ1v) is 7.89. The molecule has 0 spiro atoms. The smallest absolute Gasteiger partial charge is 0.191 e. The number of hydrogen-bond acceptors (Lipinski definition) is 6. The van der Waals surface area contributed by atoms with E-state index < -0.39 is 0 Å². The van der Waals surface area contributed by atoms with Crippen molar-refractivity contribution in [1.82, 2.24) is 14.9 Å². The molecule has 0 aliphatic carbocycles. The monoisotopic (exact) mass is 281 g/mol. The summed E-state index contributed by atoms with van der Waals surface area (Å²) in [6.07, 6.45) is 4.49. The lowest BCUT2D eigenvalue weighted by molar-refractivity contribution is 0.222.